The van der Waals surface area contributed by atoms with Gasteiger partial charge in [0.2, 0.25) is 5.43 Å². The van der Waals surface area contributed by atoms with Crippen molar-refractivity contribution in [3.05, 3.63) is 80.6 Å². The van der Waals surface area contributed by atoms with Crippen LogP contribution in [0.15, 0.2) is 53.5 Å². The maximum atomic E-state index is 13.3. The maximum absolute atomic E-state index is 13.3. The lowest BCUT2D eigenvalue weighted by molar-refractivity contribution is 0.0476. The molecule has 0 aliphatic heterocycles. The standard InChI is InChI=1S/C23H25ClN2O5/c1-30-10-11-31-9-8-26(14-16-2-5-18(24)6-3-16)23(29)20-13-25-21-7-4-17(15-27)12-19(21)22(20)28/h2-7,12-13,27H,8-11,14-15H2,1H3,(H,25,28). The molecule has 2 N–H and O–H groups in total. The molecule has 0 saturated carbocycles. The number of aliphatic hydroxyl groups is 1. The first-order valence-electron chi connectivity index (χ1n) is 9.89. The third-order valence-electron chi connectivity index (χ3n) is 4.87. The van der Waals surface area contributed by atoms with Gasteiger partial charge in [0.1, 0.15) is 5.56 Å². The number of aromatic amines is 1. The molecule has 0 aliphatic rings. The number of H-pyrrole nitrogens is 1. The number of aliphatic hydroxyl groups excluding tert-OH is 1. The molecule has 0 saturated heterocycles. The van der Waals surface area contributed by atoms with Crippen LogP contribution in [0.25, 0.3) is 10.9 Å². The van der Waals surface area contributed by atoms with Gasteiger partial charge in [-0.3, -0.25) is 9.59 Å². The monoisotopic (exact) mass is 444 g/mol. The van der Waals surface area contributed by atoms with Crippen molar-refractivity contribution >= 4 is 28.4 Å². The molecule has 0 radical (unpaired) electrons. The molecule has 1 aromatic heterocycles. The van der Waals surface area contributed by atoms with E-state index >= 15 is 0 Å². The lowest BCUT2D eigenvalue weighted by Gasteiger charge is -2.23. The number of methoxy groups -OCH3 is 1. The van der Waals surface area contributed by atoms with E-state index in [0.717, 1.165) is 5.56 Å². The van der Waals surface area contributed by atoms with Crippen LogP contribution in [0, 0.1) is 0 Å². The van der Waals surface area contributed by atoms with Crippen LogP contribution in [0.2, 0.25) is 5.02 Å². The van der Waals surface area contributed by atoms with Gasteiger partial charge < -0.3 is 24.5 Å². The molecule has 2 aromatic carbocycles. The second kappa shape index (κ2) is 11.1. The smallest absolute Gasteiger partial charge is 0.259 e. The number of benzene rings is 2. The van der Waals surface area contributed by atoms with E-state index in [-0.39, 0.29) is 17.6 Å². The molecule has 0 unspecified atom stereocenters. The van der Waals surface area contributed by atoms with Gasteiger partial charge in [0.25, 0.3) is 5.91 Å². The van der Waals surface area contributed by atoms with E-state index in [2.05, 4.69) is 4.98 Å². The zero-order valence-corrected chi connectivity index (χ0v) is 18.0. The maximum Gasteiger partial charge on any atom is 0.259 e. The Kier molecular flexibility index (Phi) is 8.20. The van der Waals surface area contributed by atoms with Crippen molar-refractivity contribution in [2.24, 2.45) is 0 Å². The summed E-state index contributed by atoms with van der Waals surface area (Å²) in [5.41, 5.74) is 1.75. The minimum absolute atomic E-state index is 0.0356. The van der Waals surface area contributed by atoms with Crippen molar-refractivity contribution in [1.82, 2.24) is 9.88 Å². The van der Waals surface area contributed by atoms with E-state index in [1.165, 1.54) is 6.20 Å². The van der Waals surface area contributed by atoms with Crippen LogP contribution in [0.5, 0.6) is 0 Å². The number of fused-ring (bicyclic) bond motifs is 1. The van der Waals surface area contributed by atoms with Gasteiger partial charge >= 0.3 is 0 Å². The van der Waals surface area contributed by atoms with Crippen molar-refractivity contribution in [3.8, 4) is 0 Å². The molecule has 0 spiro atoms. The highest BCUT2D eigenvalue weighted by Gasteiger charge is 2.20. The van der Waals surface area contributed by atoms with Gasteiger partial charge in [0.15, 0.2) is 0 Å². The van der Waals surface area contributed by atoms with Gasteiger partial charge in [-0.15, -0.1) is 0 Å². The number of hydrogen-bond acceptors (Lipinski definition) is 5. The molecule has 0 aliphatic carbocycles. The second-order valence-corrected chi connectivity index (χ2v) is 7.46. The number of aromatic nitrogens is 1. The predicted octanol–water partition coefficient (Wildman–Crippen LogP) is 2.98. The molecule has 3 aromatic rings. The Balaban J connectivity index is 1.87. The Morgan fingerprint density at radius 3 is 2.55 bits per heavy atom. The van der Waals surface area contributed by atoms with Gasteiger partial charge in [-0.2, -0.15) is 0 Å². The number of rotatable bonds is 10. The lowest BCUT2D eigenvalue weighted by atomic mass is 10.1. The van der Waals surface area contributed by atoms with Crippen molar-refractivity contribution in [2.75, 3.05) is 33.5 Å². The summed E-state index contributed by atoms with van der Waals surface area (Å²) in [6, 6.07) is 12.2. The fourth-order valence-corrected chi connectivity index (χ4v) is 3.30. The number of nitrogens with zero attached hydrogens (tertiary/aromatic N) is 1. The summed E-state index contributed by atoms with van der Waals surface area (Å²) in [6.07, 6.45) is 1.44. The molecule has 7 nitrogen and oxygen atoms in total. The Morgan fingerprint density at radius 2 is 1.84 bits per heavy atom. The molecule has 31 heavy (non-hydrogen) atoms. The zero-order chi connectivity index (χ0) is 22.2. The molecule has 1 amide bonds. The van der Waals surface area contributed by atoms with Crippen molar-refractivity contribution in [2.45, 2.75) is 13.2 Å². The first-order chi connectivity index (χ1) is 15.0. The van der Waals surface area contributed by atoms with Crippen LogP contribution in [-0.2, 0) is 22.6 Å². The molecule has 3 rings (SSSR count). The number of hydrogen-bond donors (Lipinski definition) is 2. The van der Waals surface area contributed by atoms with Crippen LogP contribution in [0.3, 0.4) is 0 Å². The summed E-state index contributed by atoms with van der Waals surface area (Å²) < 4.78 is 10.5. The number of pyridine rings is 1. The molecule has 0 fully saturated rings. The van der Waals surface area contributed by atoms with Crippen molar-refractivity contribution < 1.29 is 19.4 Å². The van der Waals surface area contributed by atoms with Gasteiger partial charge in [-0.05, 0) is 35.4 Å². The SMILES string of the molecule is COCCOCCN(Cc1ccc(Cl)cc1)C(=O)c1c[nH]c2ccc(CO)cc2c1=O. The summed E-state index contributed by atoms with van der Waals surface area (Å²) in [4.78, 5) is 30.9. The summed E-state index contributed by atoms with van der Waals surface area (Å²) in [7, 11) is 1.59. The number of carbonyl (C=O) groups is 1. The third kappa shape index (κ3) is 5.92. The Bertz CT molecular complexity index is 1080. The summed E-state index contributed by atoms with van der Waals surface area (Å²) in [5.74, 6) is -0.400. The van der Waals surface area contributed by atoms with E-state index in [1.807, 2.05) is 12.1 Å². The van der Waals surface area contributed by atoms with Gasteiger partial charge in [-0.1, -0.05) is 29.8 Å². The third-order valence-corrected chi connectivity index (χ3v) is 5.12. The van der Waals surface area contributed by atoms with Crippen molar-refractivity contribution in [3.63, 3.8) is 0 Å². The Morgan fingerprint density at radius 1 is 1.10 bits per heavy atom. The minimum atomic E-state index is -0.400. The van der Waals surface area contributed by atoms with Crippen LogP contribution in [0.4, 0.5) is 0 Å². The normalized spacial score (nSPS) is 11.1. The Labute approximate surface area is 185 Å². The highest BCUT2D eigenvalue weighted by Crippen LogP contribution is 2.15. The highest BCUT2D eigenvalue weighted by molar-refractivity contribution is 6.30. The number of amides is 1. The first kappa shape index (κ1) is 23.0. The number of halogens is 1. The lowest BCUT2D eigenvalue weighted by Crippen LogP contribution is -2.36. The van der Waals surface area contributed by atoms with E-state index in [4.69, 9.17) is 21.1 Å². The highest BCUT2D eigenvalue weighted by atomic mass is 35.5. The van der Waals surface area contributed by atoms with Crippen LogP contribution >= 0.6 is 11.6 Å². The van der Waals surface area contributed by atoms with Gasteiger partial charge in [0, 0.05) is 42.3 Å². The molecule has 0 atom stereocenters. The topological polar surface area (TPSA) is 91.9 Å². The quantitative estimate of drug-likeness (QED) is 0.469. The van der Waals surface area contributed by atoms with E-state index in [1.54, 1.807) is 42.3 Å². The van der Waals surface area contributed by atoms with Crippen LogP contribution < -0.4 is 5.43 Å². The fraction of sp³-hybridized carbons (Fsp3) is 0.304. The minimum Gasteiger partial charge on any atom is -0.392 e. The Hall–Kier alpha value is -2.71. The van der Waals surface area contributed by atoms with E-state index in [9.17, 15) is 14.7 Å². The number of nitrogens with one attached hydrogen (secondary N) is 1. The summed E-state index contributed by atoms with van der Waals surface area (Å²) >= 11 is 5.96. The van der Waals surface area contributed by atoms with Crippen molar-refractivity contribution in [1.29, 1.82) is 0 Å². The van der Waals surface area contributed by atoms with Crippen LogP contribution in [0.1, 0.15) is 21.5 Å². The second-order valence-electron chi connectivity index (χ2n) is 7.03. The summed E-state index contributed by atoms with van der Waals surface area (Å²) in [5, 5.41) is 10.3. The molecular formula is C23H25ClN2O5. The molecular weight excluding hydrogens is 420 g/mol. The van der Waals surface area contributed by atoms with E-state index < -0.39 is 5.91 Å². The molecule has 164 valence electrons. The first-order valence-corrected chi connectivity index (χ1v) is 10.3. The number of ether oxygens (including phenoxy) is 2. The molecule has 1 heterocycles. The average Bonchev–Trinajstić information content (AvgIpc) is 2.79. The van der Waals surface area contributed by atoms with Gasteiger partial charge in [0.05, 0.1) is 26.4 Å². The molecule has 8 heteroatoms. The number of carbonyl (C=O) groups excluding carboxylic acids is 1. The fourth-order valence-electron chi connectivity index (χ4n) is 3.17. The van der Waals surface area contributed by atoms with Gasteiger partial charge in [-0.25, -0.2) is 0 Å². The average molecular weight is 445 g/mol. The molecule has 0 bridgehead atoms. The summed E-state index contributed by atoms with van der Waals surface area (Å²) in [6.45, 7) is 1.61. The largest absolute Gasteiger partial charge is 0.392 e. The zero-order valence-electron chi connectivity index (χ0n) is 17.3. The van der Waals surface area contributed by atoms with E-state index in [0.29, 0.717) is 54.4 Å². The predicted molar refractivity (Wildman–Crippen MR) is 119 cm³/mol. The van der Waals surface area contributed by atoms with Crippen LogP contribution in [-0.4, -0.2) is 54.4 Å².